The number of rotatable bonds is 4. The molecule has 1 unspecified atom stereocenters. The molecule has 3 heterocycles. The van der Waals surface area contributed by atoms with E-state index < -0.39 is 0 Å². The first kappa shape index (κ1) is 14.2. The van der Waals surface area contributed by atoms with Crippen LogP contribution in [0.15, 0.2) is 21.1 Å². The summed E-state index contributed by atoms with van der Waals surface area (Å²) in [6.45, 7) is 3.53. The van der Waals surface area contributed by atoms with Crippen LogP contribution < -0.4 is 5.73 Å². The largest absolute Gasteiger partial charge is 0.455 e. The van der Waals surface area contributed by atoms with Crippen LogP contribution in [-0.4, -0.2) is 59.7 Å². The summed E-state index contributed by atoms with van der Waals surface area (Å²) in [5.74, 6) is 2.40. The molecule has 7 heteroatoms. The lowest BCUT2D eigenvalue weighted by Gasteiger charge is -2.37. The van der Waals surface area contributed by atoms with Crippen molar-refractivity contribution in [2.45, 2.75) is 19.0 Å². The maximum atomic E-state index is 5.53. The highest BCUT2D eigenvalue weighted by Gasteiger charge is 2.24. The standard InChI is InChI=1S/C14H21N5O2/c1-18-5-6-19(2)10(9-18)7-13-16-14(21-17-13)12-4-3-11(8-15)20-12/h3-4,10H,5-9,15H2,1-2H3. The number of piperazine rings is 1. The van der Waals surface area contributed by atoms with Crippen molar-refractivity contribution in [1.29, 1.82) is 0 Å². The van der Waals surface area contributed by atoms with Gasteiger partial charge in [-0.1, -0.05) is 5.16 Å². The Balaban J connectivity index is 1.70. The fraction of sp³-hybridized carbons (Fsp3) is 0.571. The molecule has 0 saturated carbocycles. The molecule has 0 bridgehead atoms. The second kappa shape index (κ2) is 5.97. The summed E-state index contributed by atoms with van der Waals surface area (Å²) in [7, 11) is 4.28. The summed E-state index contributed by atoms with van der Waals surface area (Å²) in [6, 6.07) is 4.04. The van der Waals surface area contributed by atoms with Crippen molar-refractivity contribution < 1.29 is 8.94 Å². The van der Waals surface area contributed by atoms with Crippen molar-refractivity contribution in [1.82, 2.24) is 19.9 Å². The molecular formula is C14H21N5O2. The molecule has 1 saturated heterocycles. The smallest absolute Gasteiger partial charge is 0.293 e. The molecule has 2 aromatic heterocycles. The highest BCUT2D eigenvalue weighted by atomic mass is 16.5. The predicted octanol–water partition coefficient (Wildman–Crippen LogP) is 0.577. The Hall–Kier alpha value is -1.70. The van der Waals surface area contributed by atoms with Gasteiger partial charge in [0.1, 0.15) is 5.76 Å². The molecule has 114 valence electrons. The zero-order chi connectivity index (χ0) is 14.8. The summed E-state index contributed by atoms with van der Waals surface area (Å²) in [5, 5.41) is 4.06. The second-order valence-corrected chi connectivity index (χ2v) is 5.59. The Labute approximate surface area is 123 Å². The van der Waals surface area contributed by atoms with E-state index in [9.17, 15) is 0 Å². The van der Waals surface area contributed by atoms with Gasteiger partial charge in [0.2, 0.25) is 0 Å². The average Bonchev–Trinajstić information content (AvgIpc) is 3.11. The summed E-state index contributed by atoms with van der Waals surface area (Å²) >= 11 is 0. The van der Waals surface area contributed by atoms with E-state index >= 15 is 0 Å². The Morgan fingerprint density at radius 1 is 1.33 bits per heavy atom. The Kier molecular flexibility index (Phi) is 4.05. The van der Waals surface area contributed by atoms with Crippen molar-refractivity contribution >= 4 is 0 Å². The molecule has 0 aromatic carbocycles. The van der Waals surface area contributed by atoms with E-state index in [4.69, 9.17) is 14.7 Å². The average molecular weight is 291 g/mol. The topological polar surface area (TPSA) is 84.6 Å². The zero-order valence-corrected chi connectivity index (χ0v) is 12.5. The van der Waals surface area contributed by atoms with Crippen LogP contribution in [0.25, 0.3) is 11.7 Å². The summed E-state index contributed by atoms with van der Waals surface area (Å²) in [6.07, 6.45) is 0.773. The van der Waals surface area contributed by atoms with Crippen molar-refractivity contribution in [2.75, 3.05) is 33.7 Å². The third kappa shape index (κ3) is 3.15. The van der Waals surface area contributed by atoms with E-state index in [1.54, 1.807) is 6.07 Å². The number of aromatic nitrogens is 2. The minimum absolute atomic E-state index is 0.361. The fourth-order valence-corrected chi connectivity index (χ4v) is 2.57. The van der Waals surface area contributed by atoms with Crippen LogP contribution in [0.1, 0.15) is 11.6 Å². The van der Waals surface area contributed by atoms with Crippen LogP contribution in [0.5, 0.6) is 0 Å². The quantitative estimate of drug-likeness (QED) is 0.881. The van der Waals surface area contributed by atoms with Crippen molar-refractivity contribution in [3.05, 3.63) is 23.7 Å². The molecule has 1 aliphatic heterocycles. The van der Waals surface area contributed by atoms with Gasteiger partial charge < -0.3 is 24.5 Å². The summed E-state index contributed by atoms with van der Waals surface area (Å²) in [4.78, 5) is 9.09. The van der Waals surface area contributed by atoms with E-state index in [0.717, 1.165) is 26.1 Å². The lowest BCUT2D eigenvalue weighted by Crippen LogP contribution is -2.50. The first-order chi connectivity index (χ1) is 10.2. The third-order valence-electron chi connectivity index (χ3n) is 3.94. The molecule has 1 atom stereocenters. The first-order valence-corrected chi connectivity index (χ1v) is 7.16. The van der Waals surface area contributed by atoms with E-state index in [1.165, 1.54) is 0 Å². The first-order valence-electron chi connectivity index (χ1n) is 7.16. The van der Waals surface area contributed by atoms with Gasteiger partial charge in [0, 0.05) is 32.1 Å². The number of likely N-dealkylation sites (N-methyl/N-ethyl adjacent to an activating group) is 2. The van der Waals surface area contributed by atoms with Gasteiger partial charge in [-0.25, -0.2) is 0 Å². The maximum absolute atomic E-state index is 5.53. The van der Waals surface area contributed by atoms with Crippen LogP contribution in [0, 0.1) is 0 Å². The lowest BCUT2D eigenvalue weighted by atomic mass is 10.1. The molecule has 2 aromatic rings. The summed E-state index contributed by atoms with van der Waals surface area (Å²) < 4.78 is 10.8. The van der Waals surface area contributed by atoms with Crippen LogP contribution in [-0.2, 0) is 13.0 Å². The van der Waals surface area contributed by atoms with E-state index in [0.29, 0.717) is 35.8 Å². The zero-order valence-electron chi connectivity index (χ0n) is 12.5. The van der Waals surface area contributed by atoms with Crippen LogP contribution >= 0.6 is 0 Å². The molecule has 0 spiro atoms. The molecule has 3 rings (SSSR count). The minimum Gasteiger partial charge on any atom is -0.455 e. The van der Waals surface area contributed by atoms with Gasteiger partial charge in [-0.3, -0.25) is 0 Å². The van der Waals surface area contributed by atoms with Gasteiger partial charge in [-0.15, -0.1) is 0 Å². The molecular weight excluding hydrogens is 270 g/mol. The number of hydrogen-bond acceptors (Lipinski definition) is 7. The normalized spacial score (nSPS) is 21.0. The van der Waals surface area contributed by atoms with Crippen LogP contribution in [0.3, 0.4) is 0 Å². The molecule has 7 nitrogen and oxygen atoms in total. The van der Waals surface area contributed by atoms with Gasteiger partial charge in [-0.2, -0.15) is 4.98 Å². The fourth-order valence-electron chi connectivity index (χ4n) is 2.57. The molecule has 1 fully saturated rings. The van der Waals surface area contributed by atoms with E-state index in [2.05, 4.69) is 34.0 Å². The molecule has 2 N–H and O–H groups in total. The Morgan fingerprint density at radius 3 is 2.95 bits per heavy atom. The highest BCUT2D eigenvalue weighted by Crippen LogP contribution is 2.21. The number of nitrogens with zero attached hydrogens (tertiary/aromatic N) is 4. The summed E-state index contributed by atoms with van der Waals surface area (Å²) in [5.41, 5.74) is 5.53. The van der Waals surface area contributed by atoms with Gasteiger partial charge in [0.05, 0.1) is 6.54 Å². The molecule has 0 amide bonds. The number of hydrogen-bond donors (Lipinski definition) is 1. The van der Waals surface area contributed by atoms with E-state index in [-0.39, 0.29) is 0 Å². The SMILES string of the molecule is CN1CCN(C)C(Cc2noc(-c3ccc(CN)o3)n2)C1. The van der Waals surface area contributed by atoms with Crippen LogP contribution in [0.4, 0.5) is 0 Å². The van der Waals surface area contributed by atoms with Gasteiger partial charge in [0.15, 0.2) is 11.6 Å². The van der Waals surface area contributed by atoms with Crippen molar-refractivity contribution in [3.63, 3.8) is 0 Å². The number of nitrogens with two attached hydrogens (primary N) is 1. The van der Waals surface area contributed by atoms with Gasteiger partial charge >= 0.3 is 0 Å². The van der Waals surface area contributed by atoms with Crippen molar-refractivity contribution in [3.8, 4) is 11.7 Å². The molecule has 0 radical (unpaired) electrons. The second-order valence-electron chi connectivity index (χ2n) is 5.59. The third-order valence-corrected chi connectivity index (χ3v) is 3.94. The lowest BCUT2D eigenvalue weighted by molar-refractivity contribution is 0.113. The minimum atomic E-state index is 0.361. The molecule has 0 aliphatic carbocycles. The Bertz CT molecular complexity index is 594. The number of furan rings is 1. The monoisotopic (exact) mass is 291 g/mol. The van der Waals surface area contributed by atoms with Gasteiger partial charge in [-0.05, 0) is 26.2 Å². The molecule has 1 aliphatic rings. The van der Waals surface area contributed by atoms with Crippen molar-refractivity contribution in [2.24, 2.45) is 5.73 Å². The Morgan fingerprint density at radius 2 is 2.19 bits per heavy atom. The maximum Gasteiger partial charge on any atom is 0.293 e. The van der Waals surface area contributed by atoms with E-state index in [1.807, 2.05) is 6.07 Å². The van der Waals surface area contributed by atoms with Gasteiger partial charge in [0.25, 0.3) is 5.89 Å². The highest BCUT2D eigenvalue weighted by molar-refractivity contribution is 5.44. The van der Waals surface area contributed by atoms with Crippen LogP contribution in [0.2, 0.25) is 0 Å². The predicted molar refractivity (Wildman–Crippen MR) is 77.5 cm³/mol. The molecule has 21 heavy (non-hydrogen) atoms.